The highest BCUT2D eigenvalue weighted by molar-refractivity contribution is 6.32. The number of esters is 2. The molecular formula is C36H34ClF2NO8. The number of benzene rings is 2. The minimum absolute atomic E-state index is 0.0324. The van der Waals surface area contributed by atoms with Crippen molar-refractivity contribution in [3.8, 4) is 23.3 Å². The molecule has 0 aromatic heterocycles. The van der Waals surface area contributed by atoms with Crippen molar-refractivity contribution in [3.63, 3.8) is 0 Å². The molecule has 9 nitrogen and oxygen atoms in total. The number of hydrogen-bond donors (Lipinski definition) is 2. The molecule has 3 saturated carbocycles. The third-order valence-electron chi connectivity index (χ3n) is 11.2. The van der Waals surface area contributed by atoms with E-state index in [1.165, 1.54) is 55.5 Å². The lowest BCUT2D eigenvalue weighted by Crippen LogP contribution is -2.71. The molecular weight excluding hydrogens is 648 g/mol. The number of phenolic OH excluding ortho intramolecular Hbond substituents is 1. The Morgan fingerprint density at radius 2 is 1.79 bits per heavy atom. The van der Waals surface area contributed by atoms with Crippen molar-refractivity contribution in [1.29, 1.82) is 5.26 Å². The Morgan fingerprint density at radius 1 is 1.10 bits per heavy atom. The molecule has 0 amide bonds. The van der Waals surface area contributed by atoms with E-state index in [0.29, 0.717) is 5.75 Å². The highest BCUT2D eigenvalue weighted by Gasteiger charge is 2.78. The van der Waals surface area contributed by atoms with Crippen molar-refractivity contribution in [3.05, 3.63) is 76.9 Å². The lowest BCUT2D eigenvalue weighted by molar-refractivity contribution is -0.230. The van der Waals surface area contributed by atoms with Crippen LogP contribution in [0.2, 0.25) is 5.02 Å². The van der Waals surface area contributed by atoms with E-state index in [4.69, 9.17) is 25.8 Å². The van der Waals surface area contributed by atoms with E-state index in [1.54, 1.807) is 26.0 Å². The number of aliphatic hydroxyl groups is 1. The fourth-order valence-corrected chi connectivity index (χ4v) is 9.10. The number of carbonyl (C=O) groups excluding carboxylic acids is 3. The van der Waals surface area contributed by atoms with Crippen LogP contribution < -0.4 is 4.74 Å². The van der Waals surface area contributed by atoms with Gasteiger partial charge in [0, 0.05) is 28.7 Å². The number of aromatic hydroxyl groups is 1. The Hall–Kier alpha value is -4.27. The number of rotatable bonds is 6. The van der Waals surface area contributed by atoms with Gasteiger partial charge in [-0.1, -0.05) is 31.5 Å². The van der Waals surface area contributed by atoms with Crippen LogP contribution in [0.3, 0.4) is 0 Å². The molecule has 252 valence electrons. The highest BCUT2D eigenvalue weighted by Crippen LogP contribution is 2.71. The van der Waals surface area contributed by atoms with E-state index >= 15 is 8.78 Å². The lowest BCUT2D eigenvalue weighted by atomic mass is 9.44. The normalized spacial score (nSPS) is 36.5. The average molecular weight is 682 g/mol. The van der Waals surface area contributed by atoms with E-state index in [9.17, 15) is 29.9 Å². The predicted molar refractivity (Wildman–Crippen MR) is 168 cm³/mol. The maximum Gasteiger partial charge on any atom is 0.352 e. The molecule has 2 N–H and O–H groups in total. The molecule has 0 heterocycles. The summed E-state index contributed by atoms with van der Waals surface area (Å²) in [6, 6.07) is 11.8. The quantitative estimate of drug-likeness (QED) is 0.333. The van der Waals surface area contributed by atoms with E-state index in [0.717, 1.165) is 6.08 Å². The molecule has 12 heteroatoms. The number of ketones is 1. The third-order valence-corrected chi connectivity index (χ3v) is 11.6. The minimum atomic E-state index is -2.41. The molecule has 0 radical (unpaired) electrons. The van der Waals surface area contributed by atoms with Crippen LogP contribution in [0.5, 0.6) is 17.2 Å². The molecule has 4 aliphatic rings. The molecule has 0 saturated heterocycles. The van der Waals surface area contributed by atoms with Crippen molar-refractivity contribution in [1.82, 2.24) is 0 Å². The first-order chi connectivity index (χ1) is 22.6. The van der Waals surface area contributed by atoms with Crippen LogP contribution in [0.4, 0.5) is 8.78 Å². The Morgan fingerprint density at radius 3 is 2.46 bits per heavy atom. The summed E-state index contributed by atoms with van der Waals surface area (Å²) in [5.41, 5.74) is -7.57. The Kier molecular flexibility index (Phi) is 8.20. The fourth-order valence-electron chi connectivity index (χ4n) is 8.98. The zero-order chi connectivity index (χ0) is 34.8. The van der Waals surface area contributed by atoms with E-state index in [2.05, 4.69) is 0 Å². The third kappa shape index (κ3) is 4.75. The zero-order valence-corrected chi connectivity index (χ0v) is 27.2. The second-order valence-electron chi connectivity index (χ2n) is 13.6. The maximum atomic E-state index is 17.7. The van der Waals surface area contributed by atoms with Gasteiger partial charge in [0.05, 0.1) is 16.7 Å². The number of nitriles is 1. The van der Waals surface area contributed by atoms with Gasteiger partial charge in [-0.15, -0.1) is 0 Å². The number of allylic oxidation sites excluding steroid dienone is 4. The zero-order valence-electron chi connectivity index (χ0n) is 26.4. The first-order valence-corrected chi connectivity index (χ1v) is 16.0. The highest BCUT2D eigenvalue weighted by atomic mass is 35.5. The predicted octanol–water partition coefficient (Wildman–Crippen LogP) is 6.37. The first-order valence-electron chi connectivity index (χ1n) is 15.6. The molecule has 3 fully saturated rings. The molecule has 6 rings (SSSR count). The van der Waals surface area contributed by atoms with Crippen molar-refractivity contribution >= 4 is 29.3 Å². The van der Waals surface area contributed by atoms with Gasteiger partial charge in [0.25, 0.3) is 0 Å². The molecule has 2 unspecified atom stereocenters. The van der Waals surface area contributed by atoms with Crippen LogP contribution in [0.25, 0.3) is 0 Å². The summed E-state index contributed by atoms with van der Waals surface area (Å²) in [5.74, 6) is -4.66. The Bertz CT molecular complexity index is 1790. The largest absolute Gasteiger partial charge is 0.506 e. The average Bonchev–Trinajstić information content (AvgIpc) is 3.26. The SMILES string of the molecule is C[C@@H]1C[C@H]2[C@@H]3C[C@H](F)C4=CC(=O)C=C[C@]4(C)C3(F)[C@@H](O)C[C@]2(C)C1(OC(=O)c1ccc(Oc2ccc(Cl)c(O)c2)cc1)C(=O)OCC#N. The number of fused-ring (bicyclic) bond motifs is 5. The van der Waals surface area contributed by atoms with E-state index in [1.807, 2.05) is 0 Å². The Balaban J connectivity index is 1.35. The number of hydrogen-bond acceptors (Lipinski definition) is 9. The minimum Gasteiger partial charge on any atom is -0.506 e. The number of alkyl halides is 2. The van der Waals surface area contributed by atoms with Crippen molar-refractivity contribution in [2.45, 2.75) is 63.6 Å². The van der Waals surface area contributed by atoms with Crippen LogP contribution in [0, 0.1) is 39.9 Å². The molecule has 0 bridgehead atoms. The van der Waals surface area contributed by atoms with Crippen molar-refractivity contribution < 1.29 is 47.6 Å². The number of halogens is 3. The van der Waals surface area contributed by atoms with Crippen LogP contribution in [-0.4, -0.2) is 58.1 Å². The number of carbonyl (C=O) groups is 3. The maximum absolute atomic E-state index is 17.7. The number of aliphatic hydroxyl groups excluding tert-OH is 1. The molecule has 9 atom stereocenters. The topological polar surface area (TPSA) is 143 Å². The van der Waals surface area contributed by atoms with Crippen LogP contribution in [0.1, 0.15) is 50.4 Å². The summed E-state index contributed by atoms with van der Waals surface area (Å²) in [4.78, 5) is 40.0. The van der Waals surface area contributed by atoms with Gasteiger partial charge < -0.3 is 24.4 Å². The summed E-state index contributed by atoms with van der Waals surface area (Å²) in [5, 5.41) is 30.9. The number of nitrogens with zero attached hydrogens (tertiary/aromatic N) is 1. The summed E-state index contributed by atoms with van der Waals surface area (Å²) in [7, 11) is 0. The number of phenols is 1. The van der Waals surface area contributed by atoms with Crippen LogP contribution in [-0.2, 0) is 19.1 Å². The fraction of sp³-hybridized carbons (Fsp3) is 0.444. The van der Waals surface area contributed by atoms with Gasteiger partial charge in [-0.2, -0.15) is 5.26 Å². The summed E-state index contributed by atoms with van der Waals surface area (Å²) < 4.78 is 50.7. The first kappa shape index (κ1) is 33.6. The molecule has 0 aliphatic heterocycles. The smallest absolute Gasteiger partial charge is 0.352 e. The summed E-state index contributed by atoms with van der Waals surface area (Å²) >= 11 is 5.86. The molecule has 4 aliphatic carbocycles. The number of ether oxygens (including phenoxy) is 3. The lowest BCUT2D eigenvalue weighted by Gasteiger charge is -2.63. The second-order valence-corrected chi connectivity index (χ2v) is 14.0. The van der Waals surface area contributed by atoms with Gasteiger partial charge in [-0.25, -0.2) is 18.4 Å². The Labute approximate surface area is 280 Å². The standard InChI is InChI=1S/C36H34ClF2NO8/c1-19-14-24-25-17-28(38)26-15-21(41)10-11-33(26,2)35(25,39)30(43)18-34(24,3)36(19,32(45)46-13-12-40)48-31(44)20-4-6-22(7-5-20)47-23-8-9-27(37)29(42)16-23/h4-11,15-16,19,24-25,28,30,42-43H,13-14,17-18H2,1-3H3/t19-,24+,25+,28+,30+,33+,34+,35?,36?/m1/s1. The molecule has 2 aromatic rings. The van der Waals surface area contributed by atoms with E-state index < -0.39 is 76.5 Å². The summed E-state index contributed by atoms with van der Waals surface area (Å²) in [6.45, 7) is 4.10. The molecule has 48 heavy (non-hydrogen) atoms. The van der Waals surface area contributed by atoms with Crippen molar-refractivity contribution in [2.24, 2.45) is 28.6 Å². The van der Waals surface area contributed by atoms with Crippen LogP contribution in [0.15, 0.2) is 66.3 Å². The van der Waals surface area contributed by atoms with Crippen molar-refractivity contribution in [2.75, 3.05) is 6.61 Å². The molecule has 0 spiro atoms. The van der Waals surface area contributed by atoms with E-state index in [-0.39, 0.29) is 46.9 Å². The van der Waals surface area contributed by atoms with Gasteiger partial charge >= 0.3 is 11.9 Å². The monoisotopic (exact) mass is 681 g/mol. The van der Waals surface area contributed by atoms with Gasteiger partial charge in [0.1, 0.15) is 29.5 Å². The van der Waals surface area contributed by atoms with Crippen LogP contribution >= 0.6 is 11.6 Å². The second kappa shape index (κ2) is 11.7. The van der Waals surface area contributed by atoms with Gasteiger partial charge in [-0.05, 0) is 86.2 Å². The van der Waals surface area contributed by atoms with Gasteiger partial charge in [0.15, 0.2) is 18.1 Å². The molecule has 2 aromatic carbocycles. The van der Waals surface area contributed by atoms with Gasteiger partial charge in [-0.3, -0.25) is 4.79 Å². The summed E-state index contributed by atoms with van der Waals surface area (Å²) in [6.07, 6.45) is -0.425. The van der Waals surface area contributed by atoms with Gasteiger partial charge in [0.2, 0.25) is 5.60 Å².